The topological polar surface area (TPSA) is 47.0 Å². The highest BCUT2D eigenvalue weighted by Crippen LogP contribution is 2.06. The van der Waals surface area contributed by atoms with Crippen molar-refractivity contribution in [2.75, 3.05) is 6.61 Å². The van der Waals surface area contributed by atoms with Crippen LogP contribution in [0.4, 0.5) is 0 Å². The van der Waals surface area contributed by atoms with Crippen LogP contribution in [-0.4, -0.2) is 22.8 Å². The van der Waals surface area contributed by atoms with Gasteiger partial charge in [0, 0.05) is 18.7 Å². The van der Waals surface area contributed by atoms with E-state index in [1.165, 1.54) is 0 Å². The van der Waals surface area contributed by atoms with Gasteiger partial charge < -0.3 is 10.1 Å². The Morgan fingerprint density at radius 1 is 1.10 bits per heavy atom. The zero-order valence-electron chi connectivity index (χ0n) is 12.5. The minimum atomic E-state index is 0.436. The van der Waals surface area contributed by atoms with Crippen molar-refractivity contribution in [2.45, 2.75) is 26.4 Å². The summed E-state index contributed by atoms with van der Waals surface area (Å²) in [5, 5.41) is 11.5. The number of hydrogen-bond acceptors (Lipinski definition) is 4. The second kappa shape index (κ2) is 8.17. The lowest BCUT2D eigenvalue weighted by atomic mass is 10.2. The molecule has 1 aromatic carbocycles. The van der Waals surface area contributed by atoms with Gasteiger partial charge in [-0.2, -0.15) is 5.10 Å². The molecule has 0 saturated heterocycles. The molecule has 0 spiro atoms. The van der Waals surface area contributed by atoms with Crippen molar-refractivity contribution >= 4 is 6.08 Å². The predicted octanol–water partition coefficient (Wildman–Crippen LogP) is 3.07. The molecule has 21 heavy (non-hydrogen) atoms. The van der Waals surface area contributed by atoms with Crippen molar-refractivity contribution in [1.29, 1.82) is 0 Å². The van der Waals surface area contributed by atoms with Gasteiger partial charge in [-0.3, -0.25) is 0 Å². The zero-order chi connectivity index (χ0) is 14.9. The molecule has 4 heteroatoms. The monoisotopic (exact) mass is 283 g/mol. The number of ether oxygens (including phenoxy) is 1. The first-order valence-electron chi connectivity index (χ1n) is 7.14. The summed E-state index contributed by atoms with van der Waals surface area (Å²) in [4.78, 5) is 0. The summed E-state index contributed by atoms with van der Waals surface area (Å²) < 4.78 is 5.53. The van der Waals surface area contributed by atoms with Crippen LogP contribution in [0.15, 0.2) is 48.5 Å². The van der Waals surface area contributed by atoms with Crippen LogP contribution in [0.2, 0.25) is 0 Å². The molecule has 0 atom stereocenters. The van der Waals surface area contributed by atoms with Gasteiger partial charge in [0.25, 0.3) is 0 Å². The highest BCUT2D eigenvalue weighted by molar-refractivity contribution is 5.48. The van der Waals surface area contributed by atoms with Crippen molar-refractivity contribution in [3.8, 4) is 5.88 Å². The maximum Gasteiger partial charge on any atom is 0.233 e. The number of rotatable bonds is 7. The summed E-state index contributed by atoms with van der Waals surface area (Å²) in [6.07, 6.45) is 3.99. The number of benzene rings is 1. The van der Waals surface area contributed by atoms with Gasteiger partial charge in [0.1, 0.15) is 6.61 Å². The van der Waals surface area contributed by atoms with E-state index in [1.807, 2.05) is 54.6 Å². The maximum atomic E-state index is 5.53. The molecule has 1 heterocycles. The van der Waals surface area contributed by atoms with Crippen LogP contribution in [0.25, 0.3) is 6.08 Å². The lowest BCUT2D eigenvalue weighted by molar-refractivity contribution is 0.343. The predicted molar refractivity (Wildman–Crippen MR) is 85.0 cm³/mol. The summed E-state index contributed by atoms with van der Waals surface area (Å²) in [5.41, 5.74) is 2.07. The Morgan fingerprint density at radius 3 is 2.57 bits per heavy atom. The molecule has 0 aliphatic heterocycles. The molecule has 0 bridgehead atoms. The Hall–Kier alpha value is -2.20. The lowest BCUT2D eigenvalue weighted by Crippen LogP contribution is -2.22. The molecular weight excluding hydrogens is 262 g/mol. The average Bonchev–Trinajstić information content (AvgIpc) is 2.52. The number of aromatic nitrogens is 2. The van der Waals surface area contributed by atoms with E-state index in [9.17, 15) is 0 Å². The molecule has 0 saturated carbocycles. The van der Waals surface area contributed by atoms with E-state index in [4.69, 9.17) is 4.74 Å². The first-order valence-corrected chi connectivity index (χ1v) is 7.14. The summed E-state index contributed by atoms with van der Waals surface area (Å²) in [6, 6.07) is 14.3. The molecule has 0 fully saturated rings. The molecule has 0 aliphatic carbocycles. The first kappa shape index (κ1) is 15.2. The number of hydrogen-bond donors (Lipinski definition) is 1. The van der Waals surface area contributed by atoms with Gasteiger partial charge in [-0.25, -0.2) is 0 Å². The van der Waals surface area contributed by atoms with Crippen molar-refractivity contribution in [3.05, 3.63) is 59.8 Å². The Labute approximate surface area is 125 Å². The van der Waals surface area contributed by atoms with Crippen LogP contribution in [-0.2, 0) is 6.54 Å². The van der Waals surface area contributed by atoms with Crippen molar-refractivity contribution < 1.29 is 4.74 Å². The van der Waals surface area contributed by atoms with Crippen LogP contribution >= 0.6 is 0 Å². The Bertz CT molecular complexity index is 550. The van der Waals surface area contributed by atoms with E-state index in [1.54, 1.807) is 0 Å². The van der Waals surface area contributed by atoms with E-state index in [-0.39, 0.29) is 0 Å². The molecule has 0 aliphatic rings. The fourth-order valence-corrected chi connectivity index (χ4v) is 1.71. The van der Waals surface area contributed by atoms with E-state index in [2.05, 4.69) is 29.4 Å². The normalized spacial score (nSPS) is 11.2. The number of nitrogens with one attached hydrogen (secondary N) is 1. The molecule has 2 rings (SSSR count). The van der Waals surface area contributed by atoms with Crippen LogP contribution in [0, 0.1) is 0 Å². The van der Waals surface area contributed by atoms with E-state index >= 15 is 0 Å². The second-order valence-corrected chi connectivity index (χ2v) is 5.02. The molecular formula is C17H21N3O. The van der Waals surface area contributed by atoms with Gasteiger partial charge in [0.15, 0.2) is 0 Å². The lowest BCUT2D eigenvalue weighted by Gasteiger charge is -2.07. The largest absolute Gasteiger partial charge is 0.472 e. The standard InChI is InChI=1S/C17H21N3O/c1-14(2)18-13-16-10-11-17(20-19-16)21-12-6-9-15-7-4-3-5-8-15/h3-11,14,18H,12-13H2,1-2H3. The number of nitrogens with zero attached hydrogens (tertiary/aromatic N) is 2. The molecule has 0 unspecified atom stereocenters. The van der Waals surface area contributed by atoms with Crippen LogP contribution in [0.3, 0.4) is 0 Å². The van der Waals surface area contributed by atoms with E-state index < -0.39 is 0 Å². The SMILES string of the molecule is CC(C)NCc1ccc(OCC=Cc2ccccc2)nn1. The smallest absolute Gasteiger partial charge is 0.233 e. The minimum Gasteiger partial charge on any atom is -0.472 e. The first-order chi connectivity index (χ1) is 10.2. The Morgan fingerprint density at radius 2 is 1.90 bits per heavy atom. The van der Waals surface area contributed by atoms with Crippen LogP contribution in [0.1, 0.15) is 25.1 Å². The summed E-state index contributed by atoms with van der Waals surface area (Å²) >= 11 is 0. The molecule has 2 aromatic rings. The van der Waals surface area contributed by atoms with Crippen LogP contribution in [0.5, 0.6) is 5.88 Å². The molecule has 110 valence electrons. The highest BCUT2D eigenvalue weighted by atomic mass is 16.5. The van der Waals surface area contributed by atoms with E-state index in [0.717, 1.165) is 17.8 Å². The van der Waals surface area contributed by atoms with Gasteiger partial charge in [0.2, 0.25) is 5.88 Å². The molecule has 1 aromatic heterocycles. The fourth-order valence-electron chi connectivity index (χ4n) is 1.71. The summed E-state index contributed by atoms with van der Waals surface area (Å²) in [7, 11) is 0. The molecule has 1 N–H and O–H groups in total. The van der Waals surface area contributed by atoms with Gasteiger partial charge in [-0.15, -0.1) is 5.10 Å². The summed E-state index contributed by atoms with van der Waals surface area (Å²) in [6.45, 7) is 5.40. The van der Waals surface area contributed by atoms with Crippen LogP contribution < -0.4 is 10.1 Å². The maximum absolute atomic E-state index is 5.53. The fraction of sp³-hybridized carbons (Fsp3) is 0.294. The van der Waals surface area contributed by atoms with E-state index in [0.29, 0.717) is 18.5 Å². The Balaban J connectivity index is 1.77. The third kappa shape index (κ3) is 5.75. The van der Waals surface area contributed by atoms with Gasteiger partial charge in [-0.1, -0.05) is 50.3 Å². The van der Waals surface area contributed by atoms with Crippen molar-refractivity contribution in [1.82, 2.24) is 15.5 Å². The second-order valence-electron chi connectivity index (χ2n) is 5.02. The quantitative estimate of drug-likeness (QED) is 0.848. The third-order valence-corrected chi connectivity index (χ3v) is 2.82. The minimum absolute atomic E-state index is 0.436. The third-order valence-electron chi connectivity index (χ3n) is 2.82. The summed E-state index contributed by atoms with van der Waals surface area (Å²) in [5.74, 6) is 0.543. The van der Waals surface area contributed by atoms with Gasteiger partial charge in [0.05, 0.1) is 5.69 Å². The van der Waals surface area contributed by atoms with Crippen molar-refractivity contribution in [3.63, 3.8) is 0 Å². The van der Waals surface area contributed by atoms with Crippen molar-refractivity contribution in [2.24, 2.45) is 0 Å². The van der Waals surface area contributed by atoms with Gasteiger partial charge in [-0.05, 0) is 17.7 Å². The molecule has 0 amide bonds. The average molecular weight is 283 g/mol. The molecule has 0 radical (unpaired) electrons. The molecule has 4 nitrogen and oxygen atoms in total. The highest BCUT2D eigenvalue weighted by Gasteiger charge is 1.99. The Kier molecular flexibility index (Phi) is 5.91. The zero-order valence-corrected chi connectivity index (χ0v) is 12.5. The van der Waals surface area contributed by atoms with Gasteiger partial charge >= 0.3 is 0 Å².